The Hall–Kier alpha value is -1.71. The molecule has 0 N–H and O–H groups in total. The summed E-state index contributed by atoms with van der Waals surface area (Å²) in [6.45, 7) is 1.84. The number of esters is 1. The zero-order chi connectivity index (χ0) is 13.4. The summed E-state index contributed by atoms with van der Waals surface area (Å²) in [6.07, 6.45) is -1.65. The van der Waals surface area contributed by atoms with E-state index >= 15 is 0 Å². The second kappa shape index (κ2) is 7.58. The van der Waals surface area contributed by atoms with E-state index in [1.54, 1.807) is 6.92 Å². The summed E-state index contributed by atoms with van der Waals surface area (Å²) in [5.74, 6) is -1.22. The summed E-state index contributed by atoms with van der Waals surface area (Å²) >= 11 is 0. The minimum atomic E-state index is -1.76. The first-order valence-electron chi connectivity index (χ1n) is 5.99. The molecule has 0 saturated carbocycles. The van der Waals surface area contributed by atoms with Crippen LogP contribution in [0.15, 0.2) is 30.3 Å². The van der Waals surface area contributed by atoms with Crippen molar-refractivity contribution < 1.29 is 18.7 Å². The Morgan fingerprint density at radius 3 is 2.56 bits per heavy atom. The van der Waals surface area contributed by atoms with Gasteiger partial charge in [-0.2, -0.15) is 0 Å². The first kappa shape index (κ1) is 14.4. The summed E-state index contributed by atoms with van der Waals surface area (Å²) < 4.78 is 18.0. The molecule has 0 bridgehead atoms. The highest BCUT2D eigenvalue weighted by Gasteiger charge is 2.21. The van der Waals surface area contributed by atoms with Crippen molar-refractivity contribution in [3.05, 3.63) is 35.9 Å². The number of alkyl halides is 1. The fourth-order valence-electron chi connectivity index (χ4n) is 1.55. The molecule has 3 nitrogen and oxygen atoms in total. The van der Waals surface area contributed by atoms with Crippen molar-refractivity contribution in [1.29, 1.82) is 0 Å². The number of ether oxygens (including phenoxy) is 1. The third kappa shape index (κ3) is 5.08. The van der Waals surface area contributed by atoms with E-state index in [0.29, 0.717) is 6.42 Å². The van der Waals surface area contributed by atoms with Crippen molar-refractivity contribution in [3.8, 4) is 0 Å². The lowest BCUT2D eigenvalue weighted by Crippen LogP contribution is -2.21. The van der Waals surface area contributed by atoms with Gasteiger partial charge < -0.3 is 4.74 Å². The average Bonchev–Trinajstić information content (AvgIpc) is 2.37. The quantitative estimate of drug-likeness (QED) is 0.700. The zero-order valence-electron chi connectivity index (χ0n) is 10.4. The lowest BCUT2D eigenvalue weighted by atomic mass is 10.0. The molecule has 0 spiro atoms. The van der Waals surface area contributed by atoms with Gasteiger partial charge >= 0.3 is 5.97 Å². The maximum atomic E-state index is 13.4. The van der Waals surface area contributed by atoms with Gasteiger partial charge in [0.05, 0.1) is 13.0 Å². The Kier molecular flexibility index (Phi) is 6.05. The molecule has 0 fully saturated rings. The molecule has 1 atom stereocenters. The number of carbonyl (C=O) groups is 2. The van der Waals surface area contributed by atoms with Gasteiger partial charge in [0, 0.05) is 6.42 Å². The summed E-state index contributed by atoms with van der Waals surface area (Å²) in [5, 5.41) is 0. The lowest BCUT2D eigenvalue weighted by Gasteiger charge is -2.07. The highest BCUT2D eigenvalue weighted by Crippen LogP contribution is 2.08. The van der Waals surface area contributed by atoms with Crippen molar-refractivity contribution in [2.45, 2.75) is 32.4 Å². The third-order valence-corrected chi connectivity index (χ3v) is 2.50. The Morgan fingerprint density at radius 1 is 1.28 bits per heavy atom. The van der Waals surface area contributed by atoms with Crippen LogP contribution in [0.5, 0.6) is 0 Å². The number of hydrogen-bond donors (Lipinski definition) is 0. The lowest BCUT2D eigenvalue weighted by molar-refractivity contribution is -0.146. The topological polar surface area (TPSA) is 43.4 Å². The predicted molar refractivity (Wildman–Crippen MR) is 65.9 cm³/mol. The number of aryl methyl sites for hydroxylation is 1. The molecule has 0 aliphatic carbocycles. The van der Waals surface area contributed by atoms with Crippen molar-refractivity contribution in [3.63, 3.8) is 0 Å². The van der Waals surface area contributed by atoms with Crippen LogP contribution >= 0.6 is 0 Å². The minimum Gasteiger partial charge on any atom is -0.466 e. The van der Waals surface area contributed by atoms with Gasteiger partial charge in [-0.1, -0.05) is 30.3 Å². The minimum absolute atomic E-state index is 0.102. The van der Waals surface area contributed by atoms with Gasteiger partial charge in [0.25, 0.3) is 0 Å². The number of rotatable bonds is 7. The normalized spacial score (nSPS) is 11.9. The molecular formula is C14H17FO3. The third-order valence-electron chi connectivity index (χ3n) is 2.50. The standard InChI is InChI=1S/C14H17FO3/c1-2-18-14(17)10-12(15)13(16)9-8-11-6-4-3-5-7-11/h3-7,12H,2,8-10H2,1H3. The molecule has 0 aliphatic rings. The second-order valence-electron chi connectivity index (χ2n) is 3.93. The van der Waals surface area contributed by atoms with Crippen LogP contribution < -0.4 is 0 Å². The Balaban J connectivity index is 2.34. The largest absolute Gasteiger partial charge is 0.466 e. The van der Waals surface area contributed by atoms with Crippen LogP contribution in [-0.4, -0.2) is 24.5 Å². The number of ketones is 1. The predicted octanol–water partition coefficient (Wildman–Crippen LogP) is 2.48. The number of benzene rings is 1. The van der Waals surface area contributed by atoms with Crippen LogP contribution in [-0.2, 0) is 20.7 Å². The molecule has 0 heterocycles. The molecule has 18 heavy (non-hydrogen) atoms. The number of halogens is 1. The molecule has 0 saturated heterocycles. The van der Waals surface area contributed by atoms with Crippen LogP contribution in [0, 0.1) is 0 Å². The molecule has 4 heteroatoms. The van der Waals surface area contributed by atoms with E-state index in [9.17, 15) is 14.0 Å². The van der Waals surface area contributed by atoms with Crippen LogP contribution in [0.3, 0.4) is 0 Å². The van der Waals surface area contributed by atoms with Gasteiger partial charge in [-0.3, -0.25) is 9.59 Å². The Bertz CT molecular complexity index is 389. The maximum Gasteiger partial charge on any atom is 0.309 e. The van der Waals surface area contributed by atoms with Crippen LogP contribution in [0.4, 0.5) is 4.39 Å². The smallest absolute Gasteiger partial charge is 0.309 e. The average molecular weight is 252 g/mol. The van der Waals surface area contributed by atoms with E-state index in [1.807, 2.05) is 30.3 Å². The van der Waals surface area contributed by atoms with E-state index in [1.165, 1.54) is 0 Å². The van der Waals surface area contributed by atoms with E-state index in [4.69, 9.17) is 0 Å². The molecule has 0 radical (unpaired) electrons. The van der Waals surface area contributed by atoms with Crippen molar-refractivity contribution in [2.24, 2.45) is 0 Å². The van der Waals surface area contributed by atoms with Crippen LogP contribution in [0.25, 0.3) is 0 Å². The van der Waals surface area contributed by atoms with E-state index < -0.39 is 24.3 Å². The molecule has 0 aromatic heterocycles. The number of Topliss-reactive ketones (excluding diaryl/α,β-unsaturated/α-hetero) is 1. The highest BCUT2D eigenvalue weighted by atomic mass is 19.1. The fourth-order valence-corrected chi connectivity index (χ4v) is 1.55. The monoisotopic (exact) mass is 252 g/mol. The van der Waals surface area contributed by atoms with E-state index in [-0.39, 0.29) is 13.0 Å². The number of hydrogen-bond acceptors (Lipinski definition) is 3. The summed E-state index contributed by atoms with van der Waals surface area (Å²) in [4.78, 5) is 22.5. The maximum absolute atomic E-state index is 13.4. The zero-order valence-corrected chi connectivity index (χ0v) is 10.4. The molecule has 0 amide bonds. The van der Waals surface area contributed by atoms with Gasteiger partial charge in [-0.05, 0) is 18.9 Å². The van der Waals surface area contributed by atoms with Gasteiger partial charge in [-0.15, -0.1) is 0 Å². The molecule has 98 valence electrons. The van der Waals surface area contributed by atoms with Gasteiger partial charge in [0.15, 0.2) is 12.0 Å². The fraction of sp³-hybridized carbons (Fsp3) is 0.429. The summed E-state index contributed by atoms with van der Waals surface area (Å²) in [7, 11) is 0. The summed E-state index contributed by atoms with van der Waals surface area (Å²) in [6, 6.07) is 9.37. The first-order chi connectivity index (χ1) is 8.63. The van der Waals surface area contributed by atoms with Gasteiger partial charge in [0.1, 0.15) is 0 Å². The number of carbonyl (C=O) groups excluding carboxylic acids is 2. The summed E-state index contributed by atoms with van der Waals surface area (Å²) in [5.41, 5.74) is 0.981. The van der Waals surface area contributed by atoms with Crippen molar-refractivity contribution in [2.75, 3.05) is 6.61 Å². The Labute approximate surface area is 106 Å². The van der Waals surface area contributed by atoms with Gasteiger partial charge in [0.2, 0.25) is 0 Å². The van der Waals surface area contributed by atoms with E-state index in [0.717, 1.165) is 5.56 Å². The van der Waals surface area contributed by atoms with Crippen molar-refractivity contribution >= 4 is 11.8 Å². The second-order valence-corrected chi connectivity index (χ2v) is 3.93. The molecule has 1 unspecified atom stereocenters. The van der Waals surface area contributed by atoms with Crippen LogP contribution in [0.1, 0.15) is 25.3 Å². The molecule has 1 rings (SSSR count). The SMILES string of the molecule is CCOC(=O)CC(F)C(=O)CCc1ccccc1. The molecule has 1 aromatic rings. The Morgan fingerprint density at radius 2 is 1.94 bits per heavy atom. The van der Waals surface area contributed by atoms with E-state index in [2.05, 4.69) is 4.74 Å². The molecular weight excluding hydrogens is 235 g/mol. The highest BCUT2D eigenvalue weighted by molar-refractivity contribution is 5.87. The first-order valence-corrected chi connectivity index (χ1v) is 5.99. The van der Waals surface area contributed by atoms with Crippen molar-refractivity contribution in [1.82, 2.24) is 0 Å². The van der Waals surface area contributed by atoms with Crippen LogP contribution in [0.2, 0.25) is 0 Å². The van der Waals surface area contributed by atoms with Gasteiger partial charge in [-0.25, -0.2) is 4.39 Å². The molecule has 0 aliphatic heterocycles. The molecule has 1 aromatic carbocycles.